The number of nitrogens with zero attached hydrogens (tertiary/aromatic N) is 2. The summed E-state index contributed by atoms with van der Waals surface area (Å²) in [5.74, 6) is 2.42. The van der Waals surface area contributed by atoms with Gasteiger partial charge in [-0.25, -0.2) is 9.97 Å². The van der Waals surface area contributed by atoms with Crippen LogP contribution in [-0.2, 0) is 0 Å². The highest BCUT2D eigenvalue weighted by Crippen LogP contribution is 2.27. The highest BCUT2D eigenvalue weighted by Gasteiger charge is 2.22. The summed E-state index contributed by atoms with van der Waals surface area (Å²) in [4.78, 5) is 8.46. The standard InChI is InChI=1S/C13H24N4/c1-9(2)13(4,5)7-15-12-10(3)11(14-6)16-8-17-12/h8-9H,7H2,1-6H3,(H2,14,15,16,17). The van der Waals surface area contributed by atoms with Crippen molar-refractivity contribution in [3.63, 3.8) is 0 Å². The minimum atomic E-state index is 0.247. The van der Waals surface area contributed by atoms with Gasteiger partial charge < -0.3 is 10.6 Å². The van der Waals surface area contributed by atoms with Crippen LogP contribution in [0.2, 0.25) is 0 Å². The summed E-state index contributed by atoms with van der Waals surface area (Å²) in [6.45, 7) is 11.9. The fraction of sp³-hybridized carbons (Fsp3) is 0.692. The Balaban J connectivity index is 2.76. The predicted octanol–water partition coefficient (Wildman–Crippen LogP) is 2.92. The molecule has 0 aliphatic rings. The smallest absolute Gasteiger partial charge is 0.134 e. The molecule has 0 bridgehead atoms. The molecule has 0 amide bonds. The molecule has 0 aliphatic heterocycles. The largest absolute Gasteiger partial charge is 0.373 e. The highest BCUT2D eigenvalue weighted by atomic mass is 15.1. The molecular weight excluding hydrogens is 212 g/mol. The molecule has 1 rings (SSSR count). The van der Waals surface area contributed by atoms with Crippen molar-refractivity contribution in [2.75, 3.05) is 24.2 Å². The first kappa shape index (κ1) is 13.7. The molecule has 0 spiro atoms. The molecule has 96 valence electrons. The fourth-order valence-corrected chi connectivity index (χ4v) is 1.40. The van der Waals surface area contributed by atoms with Crippen molar-refractivity contribution < 1.29 is 0 Å². The maximum absolute atomic E-state index is 4.29. The van der Waals surface area contributed by atoms with E-state index in [1.165, 1.54) is 0 Å². The SMILES string of the molecule is CNc1ncnc(NCC(C)(C)C(C)C)c1C. The van der Waals surface area contributed by atoms with Crippen LogP contribution in [0.25, 0.3) is 0 Å². The summed E-state index contributed by atoms with van der Waals surface area (Å²) in [6, 6.07) is 0. The van der Waals surface area contributed by atoms with Gasteiger partial charge >= 0.3 is 0 Å². The van der Waals surface area contributed by atoms with E-state index in [0.717, 1.165) is 23.7 Å². The molecule has 0 radical (unpaired) electrons. The van der Waals surface area contributed by atoms with Gasteiger partial charge in [-0.2, -0.15) is 0 Å². The average molecular weight is 236 g/mol. The number of nitrogens with one attached hydrogen (secondary N) is 2. The van der Waals surface area contributed by atoms with Gasteiger partial charge in [0.15, 0.2) is 0 Å². The van der Waals surface area contributed by atoms with E-state index in [1.54, 1.807) is 6.33 Å². The van der Waals surface area contributed by atoms with Gasteiger partial charge in [0.25, 0.3) is 0 Å². The van der Waals surface area contributed by atoms with Crippen LogP contribution in [0.1, 0.15) is 33.3 Å². The normalized spacial score (nSPS) is 11.7. The quantitative estimate of drug-likeness (QED) is 0.825. The van der Waals surface area contributed by atoms with E-state index in [4.69, 9.17) is 0 Å². The molecule has 0 aromatic carbocycles. The van der Waals surface area contributed by atoms with Crippen molar-refractivity contribution >= 4 is 11.6 Å². The lowest BCUT2D eigenvalue weighted by molar-refractivity contribution is 0.269. The van der Waals surface area contributed by atoms with Crippen molar-refractivity contribution in [2.24, 2.45) is 11.3 Å². The summed E-state index contributed by atoms with van der Waals surface area (Å²) < 4.78 is 0. The van der Waals surface area contributed by atoms with E-state index in [1.807, 2.05) is 14.0 Å². The Morgan fingerprint density at radius 1 is 1.24 bits per heavy atom. The zero-order chi connectivity index (χ0) is 13.1. The first-order valence-electron chi connectivity index (χ1n) is 6.11. The molecule has 2 N–H and O–H groups in total. The Bertz CT molecular complexity index is 372. The third-order valence-electron chi connectivity index (χ3n) is 3.60. The topological polar surface area (TPSA) is 49.8 Å². The number of aromatic nitrogens is 2. The first-order chi connectivity index (χ1) is 7.88. The average Bonchev–Trinajstić information content (AvgIpc) is 2.27. The molecule has 0 fully saturated rings. The molecular formula is C13H24N4. The fourth-order valence-electron chi connectivity index (χ4n) is 1.40. The van der Waals surface area contributed by atoms with Gasteiger partial charge in [-0.15, -0.1) is 0 Å². The zero-order valence-corrected chi connectivity index (χ0v) is 11.8. The first-order valence-corrected chi connectivity index (χ1v) is 6.11. The van der Waals surface area contributed by atoms with Crippen LogP contribution < -0.4 is 10.6 Å². The molecule has 4 nitrogen and oxygen atoms in total. The maximum atomic E-state index is 4.29. The van der Waals surface area contributed by atoms with Crippen LogP contribution in [0.5, 0.6) is 0 Å². The van der Waals surface area contributed by atoms with Crippen LogP contribution >= 0.6 is 0 Å². The summed E-state index contributed by atoms with van der Waals surface area (Å²) in [6.07, 6.45) is 1.59. The molecule has 4 heteroatoms. The lowest BCUT2D eigenvalue weighted by Crippen LogP contribution is -2.29. The van der Waals surface area contributed by atoms with E-state index in [9.17, 15) is 0 Å². The van der Waals surface area contributed by atoms with E-state index in [2.05, 4.69) is 48.3 Å². The van der Waals surface area contributed by atoms with Crippen molar-refractivity contribution in [3.8, 4) is 0 Å². The van der Waals surface area contributed by atoms with Crippen molar-refractivity contribution in [1.29, 1.82) is 0 Å². The van der Waals surface area contributed by atoms with Gasteiger partial charge in [-0.1, -0.05) is 27.7 Å². The predicted molar refractivity (Wildman–Crippen MR) is 73.4 cm³/mol. The van der Waals surface area contributed by atoms with Gasteiger partial charge in [0.05, 0.1) is 0 Å². The third kappa shape index (κ3) is 3.32. The van der Waals surface area contributed by atoms with Gasteiger partial charge in [0.1, 0.15) is 18.0 Å². The minimum Gasteiger partial charge on any atom is -0.373 e. The molecule has 17 heavy (non-hydrogen) atoms. The summed E-state index contributed by atoms with van der Waals surface area (Å²) >= 11 is 0. The Kier molecular flexibility index (Phi) is 4.32. The zero-order valence-electron chi connectivity index (χ0n) is 11.8. The van der Waals surface area contributed by atoms with Gasteiger partial charge in [0, 0.05) is 19.2 Å². The summed E-state index contributed by atoms with van der Waals surface area (Å²) in [7, 11) is 1.87. The second kappa shape index (κ2) is 5.34. The van der Waals surface area contributed by atoms with Crippen LogP contribution in [-0.4, -0.2) is 23.6 Å². The maximum Gasteiger partial charge on any atom is 0.134 e. The van der Waals surface area contributed by atoms with E-state index in [-0.39, 0.29) is 5.41 Å². The number of hydrogen-bond donors (Lipinski definition) is 2. The summed E-state index contributed by atoms with van der Waals surface area (Å²) in [5.41, 5.74) is 1.31. The molecule has 0 aliphatic carbocycles. The van der Waals surface area contributed by atoms with Gasteiger partial charge in [0.2, 0.25) is 0 Å². The van der Waals surface area contributed by atoms with Crippen molar-refractivity contribution in [2.45, 2.75) is 34.6 Å². The van der Waals surface area contributed by atoms with E-state index < -0.39 is 0 Å². The molecule has 0 atom stereocenters. The van der Waals surface area contributed by atoms with Gasteiger partial charge in [-0.05, 0) is 18.3 Å². The monoisotopic (exact) mass is 236 g/mol. The molecule has 1 aromatic heterocycles. The van der Waals surface area contributed by atoms with Crippen LogP contribution in [0.3, 0.4) is 0 Å². The molecule has 0 saturated carbocycles. The lowest BCUT2D eigenvalue weighted by atomic mass is 9.81. The Hall–Kier alpha value is -1.32. The Labute approximate surface area is 104 Å². The summed E-state index contributed by atoms with van der Waals surface area (Å²) in [5, 5.41) is 6.48. The number of rotatable bonds is 5. The van der Waals surface area contributed by atoms with E-state index in [0.29, 0.717) is 5.92 Å². The second-order valence-electron chi connectivity index (χ2n) is 5.44. The van der Waals surface area contributed by atoms with Crippen molar-refractivity contribution in [1.82, 2.24) is 9.97 Å². The second-order valence-corrected chi connectivity index (χ2v) is 5.44. The molecule has 1 heterocycles. The van der Waals surface area contributed by atoms with Crippen molar-refractivity contribution in [3.05, 3.63) is 11.9 Å². The molecule has 0 unspecified atom stereocenters. The Morgan fingerprint density at radius 2 is 1.82 bits per heavy atom. The highest BCUT2D eigenvalue weighted by molar-refractivity contribution is 5.56. The third-order valence-corrected chi connectivity index (χ3v) is 3.60. The molecule has 0 saturated heterocycles. The van der Waals surface area contributed by atoms with Crippen LogP contribution in [0.4, 0.5) is 11.6 Å². The Morgan fingerprint density at radius 3 is 2.35 bits per heavy atom. The van der Waals surface area contributed by atoms with Gasteiger partial charge in [-0.3, -0.25) is 0 Å². The van der Waals surface area contributed by atoms with Crippen LogP contribution in [0, 0.1) is 18.3 Å². The number of hydrogen-bond acceptors (Lipinski definition) is 4. The minimum absolute atomic E-state index is 0.247. The number of anilines is 2. The molecule has 1 aromatic rings. The van der Waals surface area contributed by atoms with Crippen LogP contribution in [0.15, 0.2) is 6.33 Å². The van der Waals surface area contributed by atoms with E-state index >= 15 is 0 Å². The lowest BCUT2D eigenvalue weighted by Gasteiger charge is -2.29.